The SMILES string of the molecule is CNn1cnc2cc(O)c(O)cc21. The minimum absolute atomic E-state index is 0.149. The zero-order chi connectivity index (χ0) is 9.42. The van der Waals surface area contributed by atoms with Gasteiger partial charge in [-0.2, -0.15) is 0 Å². The molecule has 0 spiro atoms. The summed E-state index contributed by atoms with van der Waals surface area (Å²) in [6, 6.07) is 2.87. The van der Waals surface area contributed by atoms with Crippen LogP contribution in [-0.4, -0.2) is 26.9 Å². The maximum atomic E-state index is 9.24. The topological polar surface area (TPSA) is 70.3 Å². The predicted octanol–water partition coefficient (Wildman–Crippen LogP) is 0.621. The Morgan fingerprint density at radius 3 is 2.69 bits per heavy atom. The number of fused-ring (bicyclic) bond motifs is 1. The van der Waals surface area contributed by atoms with E-state index in [1.165, 1.54) is 12.1 Å². The highest BCUT2D eigenvalue weighted by Crippen LogP contribution is 2.28. The summed E-state index contributed by atoms with van der Waals surface area (Å²) >= 11 is 0. The van der Waals surface area contributed by atoms with Crippen molar-refractivity contribution in [2.75, 3.05) is 12.5 Å². The van der Waals surface area contributed by atoms with Crippen LogP contribution in [0.5, 0.6) is 11.5 Å². The van der Waals surface area contributed by atoms with Gasteiger partial charge in [0.1, 0.15) is 6.33 Å². The highest BCUT2D eigenvalue weighted by Gasteiger charge is 2.06. The Kier molecular flexibility index (Phi) is 1.51. The van der Waals surface area contributed by atoms with Gasteiger partial charge in [-0.3, -0.25) is 0 Å². The Balaban J connectivity index is 2.77. The minimum Gasteiger partial charge on any atom is -0.504 e. The summed E-state index contributed by atoms with van der Waals surface area (Å²) in [6.07, 6.45) is 1.57. The lowest BCUT2D eigenvalue weighted by Gasteiger charge is -2.02. The molecule has 0 aliphatic heterocycles. The second kappa shape index (κ2) is 2.55. The first-order valence-electron chi connectivity index (χ1n) is 3.79. The molecule has 1 aromatic carbocycles. The van der Waals surface area contributed by atoms with Crippen molar-refractivity contribution in [1.29, 1.82) is 0 Å². The molecule has 0 unspecified atom stereocenters. The number of hydrogen-bond acceptors (Lipinski definition) is 4. The van der Waals surface area contributed by atoms with Crippen molar-refractivity contribution in [3.8, 4) is 11.5 Å². The normalized spacial score (nSPS) is 10.5. The molecule has 0 saturated heterocycles. The second-order valence-electron chi connectivity index (χ2n) is 2.67. The molecular formula is C8H9N3O2. The predicted molar refractivity (Wildman–Crippen MR) is 48.3 cm³/mol. The van der Waals surface area contributed by atoms with Gasteiger partial charge in [0.15, 0.2) is 11.5 Å². The number of phenols is 2. The van der Waals surface area contributed by atoms with Crippen LogP contribution in [-0.2, 0) is 0 Å². The fourth-order valence-corrected chi connectivity index (χ4v) is 1.21. The summed E-state index contributed by atoms with van der Waals surface area (Å²) < 4.78 is 1.65. The third-order valence-corrected chi connectivity index (χ3v) is 1.88. The number of nitrogens with one attached hydrogen (secondary N) is 1. The molecule has 0 saturated carbocycles. The van der Waals surface area contributed by atoms with Gasteiger partial charge in [-0.1, -0.05) is 0 Å². The number of benzene rings is 1. The van der Waals surface area contributed by atoms with E-state index in [4.69, 9.17) is 0 Å². The molecule has 0 aliphatic rings. The lowest BCUT2D eigenvalue weighted by molar-refractivity contribution is 0.404. The molecule has 1 aromatic heterocycles. The monoisotopic (exact) mass is 179 g/mol. The van der Waals surface area contributed by atoms with Gasteiger partial charge in [-0.15, -0.1) is 0 Å². The van der Waals surface area contributed by atoms with E-state index in [1.54, 1.807) is 18.1 Å². The Bertz CT molecular complexity index is 450. The maximum Gasteiger partial charge on any atom is 0.159 e. The van der Waals surface area contributed by atoms with E-state index in [0.29, 0.717) is 5.52 Å². The van der Waals surface area contributed by atoms with Crippen molar-refractivity contribution in [1.82, 2.24) is 9.66 Å². The highest BCUT2D eigenvalue weighted by atomic mass is 16.3. The smallest absolute Gasteiger partial charge is 0.159 e. The third-order valence-electron chi connectivity index (χ3n) is 1.88. The van der Waals surface area contributed by atoms with Crippen molar-refractivity contribution in [3.05, 3.63) is 18.5 Å². The van der Waals surface area contributed by atoms with Crippen LogP contribution in [0.1, 0.15) is 0 Å². The number of phenolic OH excluding ortho intramolecular Hbond substituents is 2. The Hall–Kier alpha value is -1.91. The van der Waals surface area contributed by atoms with Crippen molar-refractivity contribution in [2.45, 2.75) is 0 Å². The molecule has 13 heavy (non-hydrogen) atoms. The Labute approximate surface area is 74.2 Å². The third kappa shape index (κ3) is 1.05. The first-order valence-corrected chi connectivity index (χ1v) is 3.79. The molecule has 1 heterocycles. The van der Waals surface area contributed by atoms with Gasteiger partial charge in [0.05, 0.1) is 11.0 Å². The molecule has 2 aromatic rings. The van der Waals surface area contributed by atoms with Crippen molar-refractivity contribution < 1.29 is 10.2 Å². The zero-order valence-corrected chi connectivity index (χ0v) is 7.02. The van der Waals surface area contributed by atoms with Crippen molar-refractivity contribution >= 4 is 11.0 Å². The highest BCUT2D eigenvalue weighted by molar-refractivity contribution is 5.79. The molecule has 5 heteroatoms. The molecule has 0 fully saturated rings. The van der Waals surface area contributed by atoms with Gasteiger partial charge < -0.3 is 15.6 Å². The van der Waals surface area contributed by atoms with Gasteiger partial charge in [0.25, 0.3) is 0 Å². The molecule has 0 atom stereocenters. The van der Waals surface area contributed by atoms with Crippen molar-refractivity contribution in [3.63, 3.8) is 0 Å². The first kappa shape index (κ1) is 7.72. The number of aromatic nitrogens is 2. The second-order valence-corrected chi connectivity index (χ2v) is 2.67. The Morgan fingerprint density at radius 1 is 1.31 bits per heavy atom. The average molecular weight is 179 g/mol. The van der Waals surface area contributed by atoms with E-state index in [1.807, 2.05) is 0 Å². The molecule has 3 N–H and O–H groups in total. The molecule has 0 aliphatic carbocycles. The van der Waals surface area contributed by atoms with Crippen LogP contribution in [0.4, 0.5) is 0 Å². The van der Waals surface area contributed by atoms with Crippen LogP contribution in [0, 0.1) is 0 Å². The number of nitrogens with zero attached hydrogens (tertiary/aromatic N) is 2. The van der Waals surface area contributed by atoms with Crippen LogP contribution in [0.15, 0.2) is 18.5 Å². The molecule has 2 rings (SSSR count). The zero-order valence-electron chi connectivity index (χ0n) is 7.02. The van der Waals surface area contributed by atoms with E-state index in [0.717, 1.165) is 5.52 Å². The fraction of sp³-hybridized carbons (Fsp3) is 0.125. The number of imidazole rings is 1. The lowest BCUT2D eigenvalue weighted by atomic mass is 10.3. The van der Waals surface area contributed by atoms with Crippen LogP contribution in [0.2, 0.25) is 0 Å². The molecule has 5 nitrogen and oxygen atoms in total. The first-order chi connectivity index (χ1) is 6.22. The molecule has 0 bridgehead atoms. The van der Waals surface area contributed by atoms with E-state index >= 15 is 0 Å². The summed E-state index contributed by atoms with van der Waals surface area (Å²) in [5.74, 6) is -0.307. The van der Waals surface area contributed by atoms with Crippen LogP contribution in [0.25, 0.3) is 11.0 Å². The van der Waals surface area contributed by atoms with Gasteiger partial charge in [-0.05, 0) is 0 Å². The van der Waals surface area contributed by atoms with E-state index in [2.05, 4.69) is 10.4 Å². The molecule has 0 radical (unpaired) electrons. The minimum atomic E-state index is -0.158. The number of hydrogen-bond donors (Lipinski definition) is 3. The number of rotatable bonds is 1. The number of aromatic hydroxyl groups is 2. The van der Waals surface area contributed by atoms with Gasteiger partial charge in [0, 0.05) is 19.2 Å². The summed E-state index contributed by atoms with van der Waals surface area (Å²) in [6.45, 7) is 0. The standard InChI is InChI=1S/C8H9N3O2/c1-9-11-4-10-5-2-7(12)8(13)3-6(5)11/h2-4,9,12-13H,1H3. The summed E-state index contributed by atoms with van der Waals surface area (Å²) in [5, 5.41) is 18.4. The molecule has 0 amide bonds. The van der Waals surface area contributed by atoms with E-state index < -0.39 is 0 Å². The van der Waals surface area contributed by atoms with E-state index in [9.17, 15) is 10.2 Å². The Morgan fingerprint density at radius 2 is 2.00 bits per heavy atom. The summed E-state index contributed by atoms with van der Waals surface area (Å²) in [5.41, 5.74) is 4.21. The quantitative estimate of drug-likeness (QED) is 0.561. The average Bonchev–Trinajstić information content (AvgIpc) is 2.48. The van der Waals surface area contributed by atoms with Crippen LogP contribution >= 0.6 is 0 Å². The summed E-state index contributed by atoms with van der Waals surface area (Å²) in [7, 11) is 1.74. The maximum absolute atomic E-state index is 9.24. The van der Waals surface area contributed by atoms with E-state index in [-0.39, 0.29) is 11.5 Å². The summed E-state index contributed by atoms with van der Waals surface area (Å²) in [4.78, 5) is 4.02. The van der Waals surface area contributed by atoms with Gasteiger partial charge >= 0.3 is 0 Å². The molecular weight excluding hydrogens is 170 g/mol. The van der Waals surface area contributed by atoms with Crippen molar-refractivity contribution in [2.24, 2.45) is 0 Å². The fourth-order valence-electron chi connectivity index (χ4n) is 1.21. The largest absolute Gasteiger partial charge is 0.504 e. The van der Waals surface area contributed by atoms with Gasteiger partial charge in [0.2, 0.25) is 0 Å². The van der Waals surface area contributed by atoms with Crippen LogP contribution in [0.3, 0.4) is 0 Å². The lowest BCUT2D eigenvalue weighted by Crippen LogP contribution is -2.05. The van der Waals surface area contributed by atoms with Gasteiger partial charge in [-0.25, -0.2) is 9.66 Å². The van der Waals surface area contributed by atoms with Crippen LogP contribution < -0.4 is 5.43 Å². The molecule has 68 valence electrons.